The largest absolute Gasteiger partial charge is 0.371 e. The average Bonchev–Trinajstić information content (AvgIpc) is 2.72. The van der Waals surface area contributed by atoms with Gasteiger partial charge in [0, 0.05) is 24.8 Å². The molecule has 17 heavy (non-hydrogen) atoms. The van der Waals surface area contributed by atoms with Crippen LogP contribution in [0.5, 0.6) is 0 Å². The topological polar surface area (TPSA) is 29.3 Å². The molecule has 2 nitrogen and oxygen atoms in total. The van der Waals surface area contributed by atoms with Crippen molar-refractivity contribution in [1.29, 1.82) is 0 Å². The predicted molar refractivity (Wildman–Crippen MR) is 72.7 cm³/mol. The third-order valence-corrected chi connectivity index (χ3v) is 4.06. The molecule has 2 aliphatic rings. The van der Waals surface area contributed by atoms with Gasteiger partial charge in [-0.1, -0.05) is 12.1 Å². The summed E-state index contributed by atoms with van der Waals surface area (Å²) in [6, 6.07) is 5.17. The van der Waals surface area contributed by atoms with Gasteiger partial charge in [0.2, 0.25) is 0 Å². The molecule has 92 valence electrons. The molecule has 3 rings (SSSR count). The first-order valence-corrected chi connectivity index (χ1v) is 6.89. The molecule has 1 aromatic carbocycles. The number of nitrogens with zero attached hydrogens (tertiary/aromatic N) is 1. The number of hydrogen-bond donors (Lipinski definition) is 1. The van der Waals surface area contributed by atoms with E-state index in [1.54, 1.807) is 16.8 Å². The highest BCUT2D eigenvalue weighted by Gasteiger charge is 2.25. The van der Waals surface area contributed by atoms with Gasteiger partial charge in [-0.15, -0.1) is 0 Å². The minimum absolute atomic E-state index is 0.316. The Morgan fingerprint density at radius 3 is 2.76 bits per heavy atom. The maximum absolute atomic E-state index is 5.85. The minimum atomic E-state index is 0.316. The Morgan fingerprint density at radius 1 is 1.24 bits per heavy atom. The van der Waals surface area contributed by atoms with Gasteiger partial charge in [0.25, 0.3) is 0 Å². The summed E-state index contributed by atoms with van der Waals surface area (Å²) in [5.41, 5.74) is 12.1. The Morgan fingerprint density at radius 2 is 2.00 bits per heavy atom. The zero-order valence-corrected chi connectivity index (χ0v) is 10.7. The van der Waals surface area contributed by atoms with Crippen molar-refractivity contribution in [3.8, 4) is 0 Å². The molecule has 0 aliphatic carbocycles. The van der Waals surface area contributed by atoms with E-state index in [4.69, 9.17) is 5.73 Å². The Hall–Kier alpha value is -1.02. The second-order valence-electron chi connectivity index (χ2n) is 5.62. The smallest absolute Gasteiger partial charge is 0.0432 e. The van der Waals surface area contributed by atoms with Crippen LogP contribution in [0.3, 0.4) is 0 Å². The molecule has 0 amide bonds. The van der Waals surface area contributed by atoms with Gasteiger partial charge in [-0.3, -0.25) is 0 Å². The van der Waals surface area contributed by atoms with Crippen molar-refractivity contribution in [3.05, 3.63) is 28.8 Å². The van der Waals surface area contributed by atoms with Crippen LogP contribution in [-0.2, 0) is 19.3 Å². The number of aryl methyl sites for hydroxylation is 2. The summed E-state index contributed by atoms with van der Waals surface area (Å²) in [7, 11) is 0. The summed E-state index contributed by atoms with van der Waals surface area (Å²) in [5, 5.41) is 0. The van der Waals surface area contributed by atoms with E-state index in [-0.39, 0.29) is 0 Å². The Labute approximate surface area is 104 Å². The zero-order valence-electron chi connectivity index (χ0n) is 10.7. The molecule has 0 saturated heterocycles. The summed E-state index contributed by atoms with van der Waals surface area (Å²) < 4.78 is 0. The summed E-state index contributed by atoms with van der Waals surface area (Å²) in [6.45, 7) is 4.59. The lowest BCUT2D eigenvalue weighted by Gasteiger charge is -2.27. The fourth-order valence-corrected chi connectivity index (χ4v) is 3.21. The maximum Gasteiger partial charge on any atom is 0.0432 e. The van der Waals surface area contributed by atoms with Crippen LogP contribution in [0.2, 0.25) is 0 Å². The van der Waals surface area contributed by atoms with Crippen molar-refractivity contribution in [2.75, 3.05) is 18.0 Å². The lowest BCUT2D eigenvalue weighted by Crippen LogP contribution is -2.26. The fourth-order valence-electron chi connectivity index (χ4n) is 3.21. The number of nitrogens with two attached hydrogens (primary N) is 1. The number of benzene rings is 1. The average molecular weight is 230 g/mol. The number of hydrogen-bond acceptors (Lipinski definition) is 2. The van der Waals surface area contributed by atoms with Crippen molar-refractivity contribution in [3.63, 3.8) is 0 Å². The quantitative estimate of drug-likeness (QED) is 0.863. The highest BCUT2D eigenvalue weighted by atomic mass is 15.2. The SMILES string of the molecule is CC(N)CCc1cc2c3c(c1)CCN3CCC2. The van der Waals surface area contributed by atoms with Crippen molar-refractivity contribution >= 4 is 5.69 Å². The third-order valence-electron chi connectivity index (χ3n) is 4.06. The molecule has 0 saturated carbocycles. The van der Waals surface area contributed by atoms with Crippen LogP contribution in [0.25, 0.3) is 0 Å². The number of anilines is 1. The molecule has 0 aromatic heterocycles. The van der Waals surface area contributed by atoms with Crippen LogP contribution in [0, 0.1) is 0 Å². The van der Waals surface area contributed by atoms with E-state index >= 15 is 0 Å². The van der Waals surface area contributed by atoms with Crippen LogP contribution in [0.15, 0.2) is 12.1 Å². The van der Waals surface area contributed by atoms with Crippen LogP contribution in [0.1, 0.15) is 36.5 Å². The maximum atomic E-state index is 5.85. The van der Waals surface area contributed by atoms with E-state index in [0.717, 1.165) is 12.8 Å². The second-order valence-corrected chi connectivity index (χ2v) is 5.62. The van der Waals surface area contributed by atoms with Crippen LogP contribution in [-0.4, -0.2) is 19.1 Å². The zero-order chi connectivity index (χ0) is 11.8. The Bertz CT molecular complexity index is 423. The van der Waals surface area contributed by atoms with Gasteiger partial charge in [-0.2, -0.15) is 0 Å². The van der Waals surface area contributed by atoms with Crippen molar-refractivity contribution in [2.24, 2.45) is 5.73 Å². The molecule has 1 atom stereocenters. The minimum Gasteiger partial charge on any atom is -0.371 e. The van der Waals surface area contributed by atoms with E-state index < -0.39 is 0 Å². The van der Waals surface area contributed by atoms with Crippen LogP contribution in [0.4, 0.5) is 5.69 Å². The Kier molecular flexibility index (Phi) is 2.83. The molecule has 0 spiro atoms. The summed E-state index contributed by atoms with van der Waals surface area (Å²) in [6.07, 6.45) is 6.07. The summed E-state index contributed by atoms with van der Waals surface area (Å²) >= 11 is 0. The molecular weight excluding hydrogens is 208 g/mol. The molecule has 1 aromatic rings. The molecule has 0 bridgehead atoms. The molecular formula is C15H22N2. The van der Waals surface area contributed by atoms with Gasteiger partial charge in [-0.25, -0.2) is 0 Å². The molecule has 2 N–H and O–H groups in total. The van der Waals surface area contributed by atoms with Gasteiger partial charge in [-0.05, 0) is 55.7 Å². The number of rotatable bonds is 3. The lowest BCUT2D eigenvalue weighted by atomic mass is 9.95. The van der Waals surface area contributed by atoms with Crippen molar-refractivity contribution in [2.45, 2.75) is 45.1 Å². The molecule has 2 heterocycles. The highest BCUT2D eigenvalue weighted by molar-refractivity contribution is 5.65. The van der Waals surface area contributed by atoms with E-state index in [0.29, 0.717) is 6.04 Å². The predicted octanol–water partition coefficient (Wildman–Crippen LogP) is 2.28. The monoisotopic (exact) mass is 230 g/mol. The van der Waals surface area contributed by atoms with Crippen LogP contribution >= 0.6 is 0 Å². The van der Waals surface area contributed by atoms with Gasteiger partial charge in [0.1, 0.15) is 0 Å². The molecule has 2 aliphatic heterocycles. The van der Waals surface area contributed by atoms with Gasteiger partial charge in [0.05, 0.1) is 0 Å². The summed E-state index contributed by atoms with van der Waals surface area (Å²) in [4.78, 5) is 2.57. The van der Waals surface area contributed by atoms with E-state index in [9.17, 15) is 0 Å². The van der Waals surface area contributed by atoms with Gasteiger partial charge >= 0.3 is 0 Å². The first-order chi connectivity index (χ1) is 8.24. The van der Waals surface area contributed by atoms with E-state index in [1.807, 2.05) is 0 Å². The fraction of sp³-hybridized carbons (Fsp3) is 0.600. The standard InChI is InChI=1S/C15H22N2/c1-11(16)4-5-12-9-13-3-2-7-17-8-6-14(10-12)15(13)17/h9-11H,2-8,16H2,1H3. The third kappa shape index (κ3) is 2.06. The van der Waals surface area contributed by atoms with Crippen molar-refractivity contribution in [1.82, 2.24) is 0 Å². The van der Waals surface area contributed by atoms with Crippen LogP contribution < -0.4 is 10.6 Å². The first kappa shape index (κ1) is 11.1. The van der Waals surface area contributed by atoms with Gasteiger partial charge < -0.3 is 10.6 Å². The van der Waals surface area contributed by atoms with E-state index in [1.165, 1.54) is 37.9 Å². The first-order valence-electron chi connectivity index (χ1n) is 6.89. The lowest BCUT2D eigenvalue weighted by molar-refractivity contribution is 0.664. The van der Waals surface area contributed by atoms with Gasteiger partial charge in [0.15, 0.2) is 0 Å². The normalized spacial score (nSPS) is 19.3. The second kappa shape index (κ2) is 4.34. The molecule has 0 fully saturated rings. The summed E-state index contributed by atoms with van der Waals surface area (Å²) in [5.74, 6) is 0. The molecule has 1 unspecified atom stereocenters. The highest BCUT2D eigenvalue weighted by Crippen LogP contribution is 2.37. The molecule has 0 radical (unpaired) electrons. The van der Waals surface area contributed by atoms with Crippen molar-refractivity contribution < 1.29 is 0 Å². The Balaban J connectivity index is 1.89. The molecule has 2 heteroatoms. The van der Waals surface area contributed by atoms with E-state index in [2.05, 4.69) is 24.0 Å².